The van der Waals surface area contributed by atoms with Gasteiger partial charge in [-0.1, -0.05) is 24.3 Å². The average Bonchev–Trinajstić information content (AvgIpc) is 2.91. The summed E-state index contributed by atoms with van der Waals surface area (Å²) in [6, 6.07) is 13.5. The standard InChI is InChI=1S/C29H26F4N4O3/c1-16-27(28(39)36-25-11-19(14-34)24(35)13-23(25)30)22(18-6-8-20(9-7-18)29(31,32)33)12-26(38)37(16)15-17-4-3-5-21(10-17)40-2/h3-11,13-14,22,34H,12,15,35H2,1-2H3,(H,36,39). The molecular formula is C29H26F4N4O3. The Morgan fingerprint density at radius 1 is 1.18 bits per heavy atom. The number of amides is 2. The number of hydrogen-bond donors (Lipinski definition) is 3. The summed E-state index contributed by atoms with van der Waals surface area (Å²) in [5.74, 6) is -2.24. The summed E-state index contributed by atoms with van der Waals surface area (Å²) in [7, 11) is 1.51. The predicted octanol–water partition coefficient (Wildman–Crippen LogP) is 5.86. The topological polar surface area (TPSA) is 109 Å². The number of alkyl halides is 3. The number of anilines is 2. The number of ether oxygens (including phenoxy) is 1. The molecule has 0 saturated heterocycles. The Hall–Kier alpha value is -4.67. The maximum atomic E-state index is 14.7. The number of rotatable bonds is 7. The second kappa shape index (κ2) is 11.2. The fourth-order valence-corrected chi connectivity index (χ4v) is 4.66. The van der Waals surface area contributed by atoms with Crippen molar-refractivity contribution < 1.29 is 31.9 Å². The molecule has 1 heterocycles. The molecule has 1 aliphatic heterocycles. The van der Waals surface area contributed by atoms with Gasteiger partial charge in [0.15, 0.2) is 0 Å². The highest BCUT2D eigenvalue weighted by molar-refractivity contribution is 6.07. The lowest BCUT2D eigenvalue weighted by Gasteiger charge is -2.35. The molecule has 1 unspecified atom stereocenters. The van der Waals surface area contributed by atoms with Crippen LogP contribution in [0.15, 0.2) is 71.9 Å². The van der Waals surface area contributed by atoms with Crippen molar-refractivity contribution in [2.75, 3.05) is 18.2 Å². The van der Waals surface area contributed by atoms with E-state index >= 15 is 0 Å². The van der Waals surface area contributed by atoms with E-state index in [2.05, 4.69) is 5.32 Å². The molecule has 0 saturated carbocycles. The van der Waals surface area contributed by atoms with E-state index in [1.807, 2.05) is 0 Å². The van der Waals surface area contributed by atoms with Crippen molar-refractivity contribution in [2.24, 2.45) is 0 Å². The van der Waals surface area contributed by atoms with Gasteiger partial charge in [-0.05, 0) is 54.4 Å². The normalized spacial score (nSPS) is 15.7. The monoisotopic (exact) mass is 554 g/mol. The second-order valence-electron chi connectivity index (χ2n) is 9.27. The van der Waals surface area contributed by atoms with Crippen LogP contribution in [0.1, 0.15) is 41.5 Å². The molecule has 2 amide bonds. The fraction of sp³-hybridized carbons (Fsp3) is 0.207. The molecule has 0 spiro atoms. The lowest BCUT2D eigenvalue weighted by molar-refractivity contribution is -0.137. The van der Waals surface area contributed by atoms with Crippen molar-refractivity contribution in [3.8, 4) is 5.75 Å². The lowest BCUT2D eigenvalue weighted by atomic mass is 9.82. The Bertz CT molecular complexity index is 1500. The number of nitrogens with zero attached hydrogens (tertiary/aromatic N) is 1. The number of halogens is 4. The predicted molar refractivity (Wildman–Crippen MR) is 142 cm³/mol. The van der Waals surface area contributed by atoms with Gasteiger partial charge in [0.25, 0.3) is 5.91 Å². The minimum Gasteiger partial charge on any atom is -0.497 e. The summed E-state index contributed by atoms with van der Waals surface area (Å²) in [6.45, 7) is 1.66. The van der Waals surface area contributed by atoms with Crippen LogP contribution in [0.2, 0.25) is 0 Å². The summed E-state index contributed by atoms with van der Waals surface area (Å²) in [4.78, 5) is 28.4. The summed E-state index contributed by atoms with van der Waals surface area (Å²) < 4.78 is 59.5. The van der Waals surface area contributed by atoms with Crippen LogP contribution >= 0.6 is 0 Å². The van der Waals surface area contributed by atoms with E-state index in [0.29, 0.717) is 11.3 Å². The molecule has 208 valence electrons. The first-order chi connectivity index (χ1) is 18.9. The van der Waals surface area contributed by atoms with Gasteiger partial charge in [0.2, 0.25) is 5.91 Å². The third kappa shape index (κ3) is 5.83. The van der Waals surface area contributed by atoms with Gasteiger partial charge < -0.3 is 26.1 Å². The number of carbonyl (C=O) groups is 2. The van der Waals surface area contributed by atoms with Crippen molar-refractivity contribution in [1.29, 1.82) is 5.41 Å². The van der Waals surface area contributed by atoms with Gasteiger partial charge in [-0.15, -0.1) is 0 Å². The SMILES string of the molecule is COc1cccc(CN2C(=O)CC(c3ccc(C(F)(F)F)cc3)C(C(=O)Nc3cc(C=N)c(N)cc3F)=C2C)c1. The molecule has 0 fully saturated rings. The van der Waals surface area contributed by atoms with Crippen LogP contribution < -0.4 is 15.8 Å². The Balaban J connectivity index is 1.78. The molecule has 11 heteroatoms. The van der Waals surface area contributed by atoms with Crippen molar-refractivity contribution in [1.82, 2.24) is 4.90 Å². The maximum Gasteiger partial charge on any atom is 0.416 e. The van der Waals surface area contributed by atoms with Crippen molar-refractivity contribution in [2.45, 2.75) is 32.0 Å². The van der Waals surface area contributed by atoms with E-state index < -0.39 is 29.4 Å². The average molecular weight is 555 g/mol. The van der Waals surface area contributed by atoms with Crippen LogP contribution in [-0.4, -0.2) is 30.0 Å². The first-order valence-corrected chi connectivity index (χ1v) is 12.1. The molecule has 0 aromatic heterocycles. The first kappa shape index (κ1) is 28.3. The number of hydrogen-bond acceptors (Lipinski definition) is 5. The van der Waals surface area contributed by atoms with Crippen LogP contribution in [0.5, 0.6) is 5.75 Å². The molecule has 0 radical (unpaired) electrons. The summed E-state index contributed by atoms with van der Waals surface area (Å²) in [6.07, 6.45) is -3.85. The first-order valence-electron chi connectivity index (χ1n) is 12.1. The number of nitrogens with one attached hydrogen (secondary N) is 2. The molecule has 3 aromatic rings. The molecule has 1 atom stereocenters. The van der Waals surface area contributed by atoms with E-state index in [-0.39, 0.29) is 47.1 Å². The molecule has 0 aliphatic carbocycles. The third-order valence-electron chi connectivity index (χ3n) is 6.76. The van der Waals surface area contributed by atoms with Crippen molar-refractivity contribution in [3.05, 3.63) is 100 Å². The smallest absolute Gasteiger partial charge is 0.416 e. The van der Waals surface area contributed by atoms with Gasteiger partial charge in [-0.3, -0.25) is 9.59 Å². The van der Waals surface area contributed by atoms with Crippen LogP contribution in [0.3, 0.4) is 0 Å². The highest BCUT2D eigenvalue weighted by Crippen LogP contribution is 2.39. The third-order valence-corrected chi connectivity index (χ3v) is 6.76. The van der Waals surface area contributed by atoms with Crippen LogP contribution in [0.25, 0.3) is 0 Å². The van der Waals surface area contributed by atoms with Gasteiger partial charge in [-0.2, -0.15) is 13.2 Å². The van der Waals surface area contributed by atoms with E-state index in [0.717, 1.165) is 30.0 Å². The fourth-order valence-electron chi connectivity index (χ4n) is 4.66. The quantitative estimate of drug-likeness (QED) is 0.193. The number of methoxy groups -OCH3 is 1. The number of nitrogens with two attached hydrogens (primary N) is 1. The van der Waals surface area contributed by atoms with E-state index in [4.69, 9.17) is 15.9 Å². The van der Waals surface area contributed by atoms with Gasteiger partial charge in [-0.25, -0.2) is 4.39 Å². The molecule has 0 bridgehead atoms. The zero-order valence-electron chi connectivity index (χ0n) is 21.6. The summed E-state index contributed by atoms with van der Waals surface area (Å²) in [5.41, 5.74) is 6.21. The molecule has 1 aliphatic rings. The Labute approximate surface area is 227 Å². The molecule has 7 nitrogen and oxygen atoms in total. The Morgan fingerprint density at radius 3 is 2.50 bits per heavy atom. The number of carbonyl (C=O) groups excluding carboxylic acids is 2. The van der Waals surface area contributed by atoms with Gasteiger partial charge >= 0.3 is 6.18 Å². The van der Waals surface area contributed by atoms with E-state index in [1.165, 1.54) is 30.2 Å². The van der Waals surface area contributed by atoms with Gasteiger partial charge in [0, 0.05) is 41.1 Å². The zero-order chi connectivity index (χ0) is 29.2. The van der Waals surface area contributed by atoms with Crippen LogP contribution in [-0.2, 0) is 22.3 Å². The molecule has 4 rings (SSSR count). The molecule has 40 heavy (non-hydrogen) atoms. The lowest BCUT2D eigenvalue weighted by Crippen LogP contribution is -2.39. The number of nitrogen functional groups attached to an aromatic ring is 1. The number of benzene rings is 3. The summed E-state index contributed by atoms with van der Waals surface area (Å²) in [5, 5.41) is 9.97. The van der Waals surface area contributed by atoms with Crippen LogP contribution in [0, 0.1) is 11.2 Å². The minimum atomic E-state index is -4.56. The van der Waals surface area contributed by atoms with E-state index in [1.54, 1.807) is 31.2 Å². The Morgan fingerprint density at radius 2 is 1.88 bits per heavy atom. The van der Waals surface area contributed by atoms with E-state index in [9.17, 15) is 27.2 Å². The zero-order valence-corrected chi connectivity index (χ0v) is 21.6. The molecular weight excluding hydrogens is 528 g/mol. The molecule has 4 N–H and O–H groups in total. The highest BCUT2D eigenvalue weighted by atomic mass is 19.4. The number of allylic oxidation sites excluding steroid dienone is 1. The van der Waals surface area contributed by atoms with Gasteiger partial charge in [0.1, 0.15) is 11.6 Å². The van der Waals surface area contributed by atoms with Crippen molar-refractivity contribution >= 4 is 29.4 Å². The summed E-state index contributed by atoms with van der Waals surface area (Å²) >= 11 is 0. The highest BCUT2D eigenvalue weighted by Gasteiger charge is 2.37. The van der Waals surface area contributed by atoms with Crippen LogP contribution in [0.4, 0.5) is 28.9 Å². The minimum absolute atomic E-state index is 0.0104. The Kier molecular flexibility index (Phi) is 7.94. The van der Waals surface area contributed by atoms with Gasteiger partial charge in [0.05, 0.1) is 24.9 Å². The largest absolute Gasteiger partial charge is 0.497 e. The second-order valence-corrected chi connectivity index (χ2v) is 9.27. The van der Waals surface area contributed by atoms with Crippen molar-refractivity contribution in [3.63, 3.8) is 0 Å². The molecule has 3 aromatic carbocycles. The maximum absolute atomic E-state index is 14.7.